The van der Waals surface area contributed by atoms with E-state index in [0.717, 1.165) is 12.8 Å². The zero-order valence-electron chi connectivity index (χ0n) is 9.85. The van der Waals surface area contributed by atoms with Crippen LogP contribution in [0.2, 0.25) is 0 Å². The van der Waals surface area contributed by atoms with Crippen molar-refractivity contribution in [2.24, 2.45) is 5.73 Å². The minimum absolute atomic E-state index is 0. The van der Waals surface area contributed by atoms with Crippen LogP contribution >= 0.6 is 12.4 Å². The highest BCUT2D eigenvalue weighted by molar-refractivity contribution is 5.85. The Labute approximate surface area is 106 Å². The second-order valence-corrected chi connectivity index (χ2v) is 3.76. The van der Waals surface area contributed by atoms with Crippen molar-refractivity contribution in [2.45, 2.75) is 51.2 Å². The largest absolute Gasteiger partial charge is 0.389 e. The van der Waals surface area contributed by atoms with Gasteiger partial charge in [0.05, 0.1) is 6.42 Å². The van der Waals surface area contributed by atoms with Crippen molar-refractivity contribution < 1.29 is 18.0 Å². The third-order valence-electron chi connectivity index (χ3n) is 2.19. The molecule has 0 aliphatic carbocycles. The molecule has 0 fully saturated rings. The Kier molecular flexibility index (Phi) is 10.6. The van der Waals surface area contributed by atoms with Gasteiger partial charge in [0.1, 0.15) is 0 Å². The highest BCUT2D eigenvalue weighted by atomic mass is 35.5. The molecule has 104 valence electrons. The zero-order valence-corrected chi connectivity index (χ0v) is 10.7. The van der Waals surface area contributed by atoms with E-state index >= 15 is 0 Å². The Morgan fingerprint density at radius 1 is 1.41 bits per heavy atom. The maximum absolute atomic E-state index is 11.8. The van der Waals surface area contributed by atoms with Gasteiger partial charge < -0.3 is 11.1 Å². The van der Waals surface area contributed by atoms with Gasteiger partial charge in [0.25, 0.3) is 0 Å². The molecule has 0 saturated heterocycles. The normalized spacial score (nSPS) is 12.8. The van der Waals surface area contributed by atoms with Crippen molar-refractivity contribution >= 4 is 18.3 Å². The number of carbonyl (C=O) groups is 1. The Balaban J connectivity index is 0. The fraction of sp³-hybridized carbons (Fsp3) is 0.900. The standard InChI is InChI=1S/C10H19F3N2O.ClH/c1-2-3-4-8(7-14)15-9(16)5-6-10(11,12)13;/h8H,2-7,14H2,1H3,(H,15,16);1H. The Hall–Kier alpha value is -0.490. The molecule has 3 nitrogen and oxygen atoms in total. The highest BCUT2D eigenvalue weighted by Crippen LogP contribution is 2.21. The predicted octanol–water partition coefficient (Wildman–Crippen LogP) is 2.38. The summed E-state index contributed by atoms with van der Waals surface area (Å²) in [5.74, 6) is -0.580. The minimum Gasteiger partial charge on any atom is -0.352 e. The first-order chi connectivity index (χ1) is 7.39. The second-order valence-electron chi connectivity index (χ2n) is 3.76. The number of nitrogens with two attached hydrogens (primary N) is 1. The molecule has 1 atom stereocenters. The molecular weight excluding hydrogens is 257 g/mol. The molecule has 7 heteroatoms. The summed E-state index contributed by atoms with van der Waals surface area (Å²) in [4.78, 5) is 11.2. The number of alkyl halides is 3. The fourth-order valence-electron chi connectivity index (χ4n) is 1.25. The monoisotopic (exact) mass is 276 g/mol. The molecule has 0 aromatic carbocycles. The van der Waals surface area contributed by atoms with Gasteiger partial charge in [-0.25, -0.2) is 0 Å². The lowest BCUT2D eigenvalue weighted by Crippen LogP contribution is -2.40. The van der Waals surface area contributed by atoms with Crippen LogP contribution in [0.4, 0.5) is 13.2 Å². The molecule has 1 amide bonds. The van der Waals surface area contributed by atoms with E-state index in [-0.39, 0.29) is 25.0 Å². The summed E-state index contributed by atoms with van der Waals surface area (Å²) in [6.45, 7) is 2.26. The van der Waals surface area contributed by atoms with Crippen molar-refractivity contribution in [2.75, 3.05) is 6.54 Å². The first-order valence-corrected chi connectivity index (χ1v) is 5.45. The molecule has 0 aliphatic heterocycles. The number of rotatable bonds is 7. The van der Waals surface area contributed by atoms with Gasteiger partial charge in [-0.1, -0.05) is 19.8 Å². The third kappa shape index (κ3) is 11.8. The summed E-state index contributed by atoms with van der Waals surface area (Å²) in [6, 6.07) is -0.208. The van der Waals surface area contributed by atoms with E-state index in [4.69, 9.17) is 5.73 Å². The molecular formula is C10H20ClF3N2O. The quantitative estimate of drug-likeness (QED) is 0.750. The molecule has 3 N–H and O–H groups in total. The summed E-state index contributed by atoms with van der Waals surface area (Å²) >= 11 is 0. The van der Waals surface area contributed by atoms with Crippen molar-refractivity contribution in [3.8, 4) is 0 Å². The van der Waals surface area contributed by atoms with Crippen LogP contribution in [0.5, 0.6) is 0 Å². The van der Waals surface area contributed by atoms with E-state index in [9.17, 15) is 18.0 Å². The number of carbonyl (C=O) groups excluding carboxylic acids is 1. The van der Waals surface area contributed by atoms with E-state index < -0.39 is 24.9 Å². The van der Waals surface area contributed by atoms with E-state index in [1.165, 1.54) is 0 Å². The number of unbranched alkanes of at least 4 members (excludes halogenated alkanes) is 1. The van der Waals surface area contributed by atoms with Crippen LogP contribution in [0.25, 0.3) is 0 Å². The van der Waals surface area contributed by atoms with Gasteiger partial charge in [0.2, 0.25) is 5.91 Å². The molecule has 17 heavy (non-hydrogen) atoms. The van der Waals surface area contributed by atoms with Crippen LogP contribution in [0.3, 0.4) is 0 Å². The van der Waals surface area contributed by atoms with Crippen molar-refractivity contribution in [3.63, 3.8) is 0 Å². The van der Waals surface area contributed by atoms with Crippen LogP contribution in [-0.2, 0) is 4.79 Å². The van der Waals surface area contributed by atoms with Crippen molar-refractivity contribution in [1.29, 1.82) is 0 Å². The molecule has 0 rings (SSSR count). The smallest absolute Gasteiger partial charge is 0.352 e. The van der Waals surface area contributed by atoms with Gasteiger partial charge in [-0.05, 0) is 6.42 Å². The summed E-state index contributed by atoms with van der Waals surface area (Å²) in [5, 5.41) is 2.51. The summed E-state index contributed by atoms with van der Waals surface area (Å²) < 4.78 is 35.5. The average molecular weight is 277 g/mol. The van der Waals surface area contributed by atoms with Crippen LogP contribution < -0.4 is 11.1 Å². The van der Waals surface area contributed by atoms with Gasteiger partial charge in [0.15, 0.2) is 0 Å². The van der Waals surface area contributed by atoms with E-state index in [0.29, 0.717) is 6.42 Å². The van der Waals surface area contributed by atoms with Gasteiger partial charge >= 0.3 is 6.18 Å². The van der Waals surface area contributed by atoms with Gasteiger partial charge in [-0.15, -0.1) is 12.4 Å². The molecule has 0 bridgehead atoms. The van der Waals surface area contributed by atoms with Gasteiger partial charge in [0, 0.05) is 19.0 Å². The Morgan fingerprint density at radius 2 is 2.00 bits per heavy atom. The lowest BCUT2D eigenvalue weighted by molar-refractivity contribution is -0.144. The first-order valence-electron chi connectivity index (χ1n) is 5.45. The van der Waals surface area contributed by atoms with Crippen LogP contribution in [0.1, 0.15) is 39.0 Å². The lowest BCUT2D eigenvalue weighted by atomic mass is 10.1. The molecule has 0 aliphatic rings. The van der Waals surface area contributed by atoms with Gasteiger partial charge in [-0.3, -0.25) is 4.79 Å². The Morgan fingerprint density at radius 3 is 2.41 bits per heavy atom. The van der Waals surface area contributed by atoms with Gasteiger partial charge in [-0.2, -0.15) is 13.2 Å². The SMILES string of the molecule is CCCCC(CN)NC(=O)CCC(F)(F)F.Cl. The topological polar surface area (TPSA) is 55.1 Å². The lowest BCUT2D eigenvalue weighted by Gasteiger charge is -2.16. The molecule has 0 heterocycles. The van der Waals surface area contributed by atoms with E-state index in [2.05, 4.69) is 5.32 Å². The fourth-order valence-corrected chi connectivity index (χ4v) is 1.25. The average Bonchev–Trinajstić information content (AvgIpc) is 2.20. The number of hydrogen-bond donors (Lipinski definition) is 2. The molecule has 0 spiro atoms. The number of amides is 1. The van der Waals surface area contributed by atoms with E-state index in [1.807, 2.05) is 6.92 Å². The predicted molar refractivity (Wildman–Crippen MR) is 63.0 cm³/mol. The molecule has 0 aromatic heterocycles. The van der Waals surface area contributed by atoms with Crippen molar-refractivity contribution in [3.05, 3.63) is 0 Å². The van der Waals surface area contributed by atoms with Crippen LogP contribution in [-0.4, -0.2) is 24.7 Å². The molecule has 1 unspecified atom stereocenters. The Bertz CT molecular complexity index is 212. The summed E-state index contributed by atoms with van der Waals surface area (Å²) in [5.41, 5.74) is 5.41. The van der Waals surface area contributed by atoms with Crippen molar-refractivity contribution in [1.82, 2.24) is 5.32 Å². The first kappa shape index (κ1) is 18.9. The second kappa shape index (κ2) is 9.53. The van der Waals surface area contributed by atoms with E-state index in [1.54, 1.807) is 0 Å². The highest BCUT2D eigenvalue weighted by Gasteiger charge is 2.28. The maximum atomic E-state index is 11.8. The molecule has 0 aromatic rings. The number of nitrogens with one attached hydrogen (secondary N) is 1. The zero-order chi connectivity index (χ0) is 12.6. The summed E-state index contributed by atoms with van der Waals surface area (Å²) in [7, 11) is 0. The third-order valence-corrected chi connectivity index (χ3v) is 2.19. The molecule has 0 saturated carbocycles. The van der Waals surface area contributed by atoms with Crippen LogP contribution in [0, 0.1) is 0 Å². The number of hydrogen-bond acceptors (Lipinski definition) is 2. The number of halogens is 4. The minimum atomic E-state index is -4.28. The maximum Gasteiger partial charge on any atom is 0.389 e. The molecule has 0 radical (unpaired) electrons. The summed E-state index contributed by atoms with van der Waals surface area (Å²) in [6.07, 6.45) is -3.30. The van der Waals surface area contributed by atoms with Crippen LogP contribution in [0.15, 0.2) is 0 Å².